The van der Waals surface area contributed by atoms with Crippen molar-refractivity contribution in [1.82, 2.24) is 0 Å². The summed E-state index contributed by atoms with van der Waals surface area (Å²) < 4.78 is 13.6. The molecule has 0 aliphatic rings. The standard InChI is InChI=1S/C9H4BrFN4O/c10-5-1-7(11)9(8(16)2-5)15-14-6(3-12)4-13/h1-2,15-16H. The highest BCUT2D eigenvalue weighted by Gasteiger charge is 2.09. The SMILES string of the molecule is N#CC(C#N)=NNc1c(O)cc(Br)cc1F. The number of anilines is 1. The van der Waals surface area contributed by atoms with E-state index in [4.69, 9.17) is 10.5 Å². The zero-order chi connectivity index (χ0) is 12.1. The fourth-order valence-corrected chi connectivity index (χ4v) is 1.28. The van der Waals surface area contributed by atoms with Gasteiger partial charge in [0.15, 0.2) is 5.82 Å². The van der Waals surface area contributed by atoms with Gasteiger partial charge in [0.1, 0.15) is 23.6 Å². The van der Waals surface area contributed by atoms with Crippen molar-refractivity contribution in [3.8, 4) is 17.9 Å². The van der Waals surface area contributed by atoms with Gasteiger partial charge < -0.3 is 5.11 Å². The van der Waals surface area contributed by atoms with Crippen molar-refractivity contribution in [3.63, 3.8) is 0 Å². The largest absolute Gasteiger partial charge is 0.506 e. The van der Waals surface area contributed by atoms with Crippen LogP contribution in [0, 0.1) is 28.5 Å². The molecule has 7 heteroatoms. The van der Waals surface area contributed by atoms with E-state index in [9.17, 15) is 9.50 Å². The molecule has 1 aromatic carbocycles. The maximum Gasteiger partial charge on any atom is 0.237 e. The van der Waals surface area contributed by atoms with Gasteiger partial charge in [0.05, 0.1) is 0 Å². The minimum atomic E-state index is -0.758. The van der Waals surface area contributed by atoms with Crippen LogP contribution in [0.5, 0.6) is 5.75 Å². The number of hydrazone groups is 1. The molecule has 1 aromatic rings. The predicted molar refractivity (Wildman–Crippen MR) is 58.0 cm³/mol. The first-order valence-corrected chi connectivity index (χ1v) is 4.69. The molecule has 0 unspecified atom stereocenters. The second kappa shape index (κ2) is 5.10. The Kier molecular flexibility index (Phi) is 3.81. The Hall–Kier alpha value is -2.12. The molecule has 0 aromatic heterocycles. The summed E-state index contributed by atoms with van der Waals surface area (Å²) >= 11 is 2.99. The fraction of sp³-hybridized carbons (Fsp3) is 0. The number of nitrogens with one attached hydrogen (secondary N) is 1. The van der Waals surface area contributed by atoms with E-state index in [1.807, 2.05) is 0 Å². The fourth-order valence-electron chi connectivity index (χ4n) is 0.858. The highest BCUT2D eigenvalue weighted by atomic mass is 79.9. The number of rotatable bonds is 2. The summed E-state index contributed by atoms with van der Waals surface area (Å²) in [4.78, 5) is 0. The highest BCUT2D eigenvalue weighted by molar-refractivity contribution is 9.10. The van der Waals surface area contributed by atoms with Gasteiger partial charge in [0, 0.05) is 4.47 Å². The van der Waals surface area contributed by atoms with Crippen molar-refractivity contribution >= 4 is 27.3 Å². The van der Waals surface area contributed by atoms with Crippen molar-refractivity contribution in [2.24, 2.45) is 5.10 Å². The molecule has 0 fully saturated rings. The molecule has 0 amide bonds. The summed E-state index contributed by atoms with van der Waals surface area (Å²) in [6.07, 6.45) is 0. The summed E-state index contributed by atoms with van der Waals surface area (Å²) in [6.45, 7) is 0. The van der Waals surface area contributed by atoms with E-state index < -0.39 is 11.5 Å². The zero-order valence-electron chi connectivity index (χ0n) is 7.70. The molecular formula is C9H4BrFN4O. The van der Waals surface area contributed by atoms with Crippen LogP contribution in [0.25, 0.3) is 0 Å². The Morgan fingerprint density at radius 3 is 2.56 bits per heavy atom. The lowest BCUT2D eigenvalue weighted by molar-refractivity contribution is 0.471. The van der Waals surface area contributed by atoms with Gasteiger partial charge >= 0.3 is 0 Å². The van der Waals surface area contributed by atoms with Gasteiger partial charge in [-0.05, 0) is 12.1 Å². The lowest BCUT2D eigenvalue weighted by Crippen LogP contribution is -1.98. The summed E-state index contributed by atoms with van der Waals surface area (Å²) in [5.74, 6) is -1.14. The van der Waals surface area contributed by atoms with Gasteiger partial charge in [0.2, 0.25) is 5.71 Å². The number of hydrogen-bond donors (Lipinski definition) is 2. The zero-order valence-corrected chi connectivity index (χ0v) is 9.29. The van der Waals surface area contributed by atoms with E-state index in [-0.39, 0.29) is 11.4 Å². The second-order valence-electron chi connectivity index (χ2n) is 2.58. The minimum Gasteiger partial charge on any atom is -0.506 e. The van der Waals surface area contributed by atoms with Crippen LogP contribution in [-0.2, 0) is 0 Å². The van der Waals surface area contributed by atoms with Crippen molar-refractivity contribution in [3.05, 3.63) is 22.4 Å². The lowest BCUT2D eigenvalue weighted by atomic mass is 10.3. The van der Waals surface area contributed by atoms with Crippen LogP contribution in [0.3, 0.4) is 0 Å². The maximum absolute atomic E-state index is 13.3. The number of nitriles is 2. The van der Waals surface area contributed by atoms with Gasteiger partial charge in [-0.3, -0.25) is 5.43 Å². The molecule has 80 valence electrons. The molecule has 1 rings (SSSR count). The maximum atomic E-state index is 13.3. The van der Waals surface area contributed by atoms with E-state index in [2.05, 4.69) is 26.5 Å². The molecule has 0 spiro atoms. The first-order chi connectivity index (χ1) is 7.58. The summed E-state index contributed by atoms with van der Waals surface area (Å²) in [5.41, 5.74) is 1.34. The van der Waals surface area contributed by atoms with Crippen LogP contribution in [0.4, 0.5) is 10.1 Å². The third-order valence-corrected chi connectivity index (χ3v) is 1.98. The molecule has 0 aliphatic carbocycles. The van der Waals surface area contributed by atoms with E-state index in [0.29, 0.717) is 4.47 Å². The molecule has 0 heterocycles. The highest BCUT2D eigenvalue weighted by Crippen LogP contribution is 2.30. The Morgan fingerprint density at radius 1 is 1.44 bits per heavy atom. The molecule has 0 saturated heterocycles. The number of nitrogens with zero attached hydrogens (tertiary/aromatic N) is 3. The Morgan fingerprint density at radius 2 is 2.06 bits per heavy atom. The molecule has 0 saturated carbocycles. The number of hydrogen-bond acceptors (Lipinski definition) is 5. The first kappa shape index (κ1) is 12.0. The van der Waals surface area contributed by atoms with Gasteiger partial charge in [-0.2, -0.15) is 15.6 Å². The third kappa shape index (κ3) is 2.69. The molecular weight excluding hydrogens is 279 g/mol. The lowest BCUT2D eigenvalue weighted by Gasteiger charge is -2.05. The van der Waals surface area contributed by atoms with E-state index in [0.717, 1.165) is 6.07 Å². The predicted octanol–water partition coefficient (Wildman–Crippen LogP) is 2.11. The van der Waals surface area contributed by atoms with Gasteiger partial charge in [-0.15, -0.1) is 0 Å². The van der Waals surface area contributed by atoms with Crippen molar-refractivity contribution in [2.45, 2.75) is 0 Å². The Balaban J connectivity index is 3.05. The molecule has 0 atom stereocenters. The van der Waals surface area contributed by atoms with Crippen LogP contribution in [0.15, 0.2) is 21.7 Å². The molecule has 16 heavy (non-hydrogen) atoms. The third-order valence-electron chi connectivity index (χ3n) is 1.53. The van der Waals surface area contributed by atoms with Crippen LogP contribution in [0.2, 0.25) is 0 Å². The first-order valence-electron chi connectivity index (χ1n) is 3.90. The van der Waals surface area contributed by atoms with E-state index >= 15 is 0 Å². The topological polar surface area (TPSA) is 92.2 Å². The Bertz CT molecular complexity index is 490. The average Bonchev–Trinajstić information content (AvgIpc) is 2.22. The van der Waals surface area contributed by atoms with Crippen LogP contribution in [-0.4, -0.2) is 10.8 Å². The molecule has 0 aliphatic heterocycles. The molecule has 0 radical (unpaired) electrons. The number of aromatic hydroxyl groups is 1. The van der Waals surface area contributed by atoms with Crippen molar-refractivity contribution < 1.29 is 9.50 Å². The molecule has 5 nitrogen and oxygen atoms in total. The summed E-state index contributed by atoms with van der Waals surface area (Å²) in [6, 6.07) is 5.33. The molecule has 2 N–H and O–H groups in total. The number of phenols is 1. The smallest absolute Gasteiger partial charge is 0.237 e. The number of phenolic OH excluding ortho intramolecular Hbond substituents is 1. The van der Waals surface area contributed by atoms with Crippen molar-refractivity contribution in [1.29, 1.82) is 10.5 Å². The monoisotopic (exact) mass is 282 g/mol. The summed E-state index contributed by atoms with van der Waals surface area (Å²) in [5, 5.41) is 29.4. The molecule has 0 bridgehead atoms. The second-order valence-corrected chi connectivity index (χ2v) is 3.49. The normalized spacial score (nSPS) is 8.75. The Labute approximate surface area is 98.6 Å². The van der Waals surface area contributed by atoms with E-state index in [1.54, 1.807) is 0 Å². The average molecular weight is 283 g/mol. The summed E-state index contributed by atoms with van der Waals surface area (Å²) in [7, 11) is 0. The quantitative estimate of drug-likeness (QED) is 0.494. The van der Waals surface area contributed by atoms with Gasteiger partial charge in [0.25, 0.3) is 0 Å². The number of benzene rings is 1. The van der Waals surface area contributed by atoms with Crippen LogP contribution >= 0.6 is 15.9 Å². The minimum absolute atomic E-state index is 0.300. The van der Waals surface area contributed by atoms with Gasteiger partial charge in [-0.25, -0.2) is 4.39 Å². The van der Waals surface area contributed by atoms with Crippen LogP contribution < -0.4 is 5.43 Å². The van der Waals surface area contributed by atoms with Gasteiger partial charge in [-0.1, -0.05) is 15.9 Å². The van der Waals surface area contributed by atoms with Crippen LogP contribution in [0.1, 0.15) is 0 Å². The van der Waals surface area contributed by atoms with Crippen molar-refractivity contribution in [2.75, 3.05) is 5.43 Å². The van der Waals surface area contributed by atoms with E-state index in [1.165, 1.54) is 18.2 Å². The number of halogens is 2.